The molecule has 0 amide bonds. The van der Waals surface area contributed by atoms with Crippen LogP contribution >= 0.6 is 0 Å². The minimum absolute atomic E-state index is 0.00402. The number of aliphatic hydroxyl groups is 1. The molecular weight excluding hydrogens is 532 g/mol. The number of hydrogen-bond donors (Lipinski definition) is 2. The Bertz CT molecular complexity index is 1220. The molecule has 1 saturated carbocycles. The number of oxime groups is 1. The number of fused-ring (bicyclic) bond motifs is 1. The van der Waals surface area contributed by atoms with E-state index in [0.29, 0.717) is 24.3 Å². The molecule has 2 unspecified atom stereocenters. The van der Waals surface area contributed by atoms with E-state index in [9.17, 15) is 18.3 Å². The zero-order chi connectivity index (χ0) is 28.7. The van der Waals surface area contributed by atoms with Crippen LogP contribution in [0.4, 0.5) is 0 Å². The van der Waals surface area contributed by atoms with Crippen LogP contribution in [0, 0.1) is 17.8 Å². The summed E-state index contributed by atoms with van der Waals surface area (Å²) in [6, 6.07) is 15.6. The molecule has 0 bridgehead atoms. The van der Waals surface area contributed by atoms with Gasteiger partial charge in [0.25, 0.3) is 0 Å². The number of hydrogen-bond acceptors (Lipinski definition) is 8. The van der Waals surface area contributed by atoms with Crippen LogP contribution in [0.25, 0.3) is 0 Å². The molecule has 1 saturated heterocycles. The molecule has 4 rings (SSSR count). The van der Waals surface area contributed by atoms with Gasteiger partial charge in [-0.3, -0.25) is 4.79 Å². The lowest BCUT2D eigenvalue weighted by atomic mass is 9.90. The van der Waals surface area contributed by atoms with Crippen LogP contribution < -0.4 is 0 Å². The van der Waals surface area contributed by atoms with E-state index in [-0.39, 0.29) is 48.5 Å². The summed E-state index contributed by atoms with van der Waals surface area (Å²) >= 11 is 0. The van der Waals surface area contributed by atoms with E-state index >= 15 is 0 Å². The Hall–Kier alpha value is -2.79. The van der Waals surface area contributed by atoms with Crippen molar-refractivity contribution in [1.82, 2.24) is 4.31 Å². The van der Waals surface area contributed by atoms with E-state index in [0.717, 1.165) is 25.0 Å². The number of ether oxygens (including phenoxy) is 2. The smallest absolute Gasteiger partial charge is 0.306 e. The average Bonchev–Trinajstić information content (AvgIpc) is 3.51. The van der Waals surface area contributed by atoms with Gasteiger partial charge in [0, 0.05) is 32.0 Å². The summed E-state index contributed by atoms with van der Waals surface area (Å²) in [5, 5.41) is 23.2. The van der Waals surface area contributed by atoms with Gasteiger partial charge >= 0.3 is 5.97 Å². The molecule has 218 valence electrons. The highest BCUT2D eigenvalue weighted by molar-refractivity contribution is 7.89. The van der Waals surface area contributed by atoms with Gasteiger partial charge in [0.2, 0.25) is 10.0 Å². The van der Waals surface area contributed by atoms with Crippen LogP contribution in [0.5, 0.6) is 0 Å². The van der Waals surface area contributed by atoms with Crippen LogP contribution in [0.3, 0.4) is 0 Å². The maximum atomic E-state index is 13.6. The molecule has 2 N–H and O–H groups in total. The normalized spacial score (nSPS) is 22.6. The number of esters is 1. The molecule has 40 heavy (non-hydrogen) atoms. The van der Waals surface area contributed by atoms with E-state index in [2.05, 4.69) is 5.16 Å². The largest absolute Gasteiger partial charge is 0.462 e. The Morgan fingerprint density at radius 1 is 1.12 bits per heavy atom. The minimum atomic E-state index is -3.95. The van der Waals surface area contributed by atoms with Gasteiger partial charge in [-0.05, 0) is 54.4 Å². The number of aliphatic hydroxyl groups excluding tert-OH is 1. The van der Waals surface area contributed by atoms with Gasteiger partial charge in [-0.2, -0.15) is 4.31 Å². The summed E-state index contributed by atoms with van der Waals surface area (Å²) in [4.78, 5) is 13.1. The predicted octanol–water partition coefficient (Wildman–Crippen LogP) is 3.86. The monoisotopic (exact) mass is 572 g/mol. The Kier molecular flexibility index (Phi) is 10.3. The highest BCUT2D eigenvalue weighted by atomic mass is 32.2. The fourth-order valence-electron chi connectivity index (χ4n) is 5.70. The second-order valence-corrected chi connectivity index (χ2v) is 13.2. The van der Waals surface area contributed by atoms with Crippen LogP contribution in [0.2, 0.25) is 0 Å². The van der Waals surface area contributed by atoms with Crippen molar-refractivity contribution in [3.63, 3.8) is 0 Å². The van der Waals surface area contributed by atoms with Crippen molar-refractivity contribution < 1.29 is 33.0 Å². The molecule has 10 heteroatoms. The predicted molar refractivity (Wildman–Crippen MR) is 151 cm³/mol. The van der Waals surface area contributed by atoms with Crippen LogP contribution in [-0.2, 0) is 30.7 Å². The average molecular weight is 573 g/mol. The molecule has 1 aliphatic heterocycles. The molecular formula is C30H40N2O7S. The summed E-state index contributed by atoms with van der Waals surface area (Å²) < 4.78 is 40.1. The third-order valence-electron chi connectivity index (χ3n) is 7.70. The van der Waals surface area contributed by atoms with Gasteiger partial charge in [-0.25, -0.2) is 8.42 Å². The molecule has 1 heterocycles. The van der Waals surface area contributed by atoms with Crippen molar-refractivity contribution in [3.8, 4) is 0 Å². The fourth-order valence-corrected chi connectivity index (χ4v) is 7.32. The zero-order valence-corrected chi connectivity index (χ0v) is 23.9. The second kappa shape index (κ2) is 13.7. The highest BCUT2D eigenvalue weighted by Gasteiger charge is 2.40. The van der Waals surface area contributed by atoms with Crippen molar-refractivity contribution >= 4 is 22.2 Å². The van der Waals surface area contributed by atoms with E-state index in [1.807, 2.05) is 44.2 Å². The van der Waals surface area contributed by atoms with E-state index in [1.54, 1.807) is 12.1 Å². The Morgan fingerprint density at radius 2 is 1.85 bits per heavy atom. The molecule has 1 aliphatic carbocycles. The van der Waals surface area contributed by atoms with Crippen molar-refractivity contribution in [2.45, 2.75) is 69.2 Å². The number of benzene rings is 2. The standard InChI is InChI=1S/C30H40N2O7S/c1-21(2)19-32(40(36,37)27-10-8-23(9-11-27)18-31-35)20-28(33)25(14-22-6-4-3-5-7-22)16-30(34)39-26-15-24-12-13-38-29(24)17-26/h3-11,18,21,24-26,28-29,33,35H,12-17,19-20H2,1-2H3/t24?,25-,26?,28-,29-/m1/s1. The van der Waals surface area contributed by atoms with E-state index in [1.165, 1.54) is 22.7 Å². The number of carbonyl (C=O) groups excluding carboxylic acids is 1. The Morgan fingerprint density at radius 3 is 2.50 bits per heavy atom. The lowest BCUT2D eigenvalue weighted by Crippen LogP contribution is -2.43. The first kappa shape index (κ1) is 30.2. The first-order valence-corrected chi connectivity index (χ1v) is 15.4. The van der Waals surface area contributed by atoms with E-state index < -0.39 is 22.0 Å². The van der Waals surface area contributed by atoms with Gasteiger partial charge < -0.3 is 19.8 Å². The second-order valence-electron chi connectivity index (χ2n) is 11.3. The summed E-state index contributed by atoms with van der Waals surface area (Å²) in [6.45, 7) is 4.63. The van der Waals surface area contributed by atoms with Gasteiger partial charge in [-0.15, -0.1) is 0 Å². The quantitative estimate of drug-likeness (QED) is 0.162. The molecule has 5 atom stereocenters. The molecule has 0 radical (unpaired) electrons. The lowest BCUT2D eigenvalue weighted by Gasteiger charge is -2.30. The van der Waals surface area contributed by atoms with Gasteiger partial charge in [0.05, 0.1) is 29.7 Å². The lowest BCUT2D eigenvalue weighted by molar-refractivity contribution is -0.151. The minimum Gasteiger partial charge on any atom is -0.462 e. The first-order valence-electron chi connectivity index (χ1n) is 14.0. The van der Waals surface area contributed by atoms with E-state index in [4.69, 9.17) is 14.7 Å². The molecule has 2 aromatic rings. The number of carbonyl (C=O) groups is 1. The third kappa shape index (κ3) is 7.90. The van der Waals surface area contributed by atoms with Gasteiger partial charge in [-0.1, -0.05) is 61.5 Å². The summed E-state index contributed by atoms with van der Waals surface area (Å²) in [6.07, 6.45) is 2.95. The molecule has 2 aromatic carbocycles. The van der Waals surface area contributed by atoms with Crippen LogP contribution in [0.15, 0.2) is 64.6 Å². The summed E-state index contributed by atoms with van der Waals surface area (Å²) in [5.41, 5.74) is 1.50. The fraction of sp³-hybridized carbons (Fsp3) is 0.533. The van der Waals surface area contributed by atoms with Crippen LogP contribution in [-0.4, -0.2) is 73.2 Å². The molecule has 9 nitrogen and oxygen atoms in total. The summed E-state index contributed by atoms with van der Waals surface area (Å²) in [5.74, 6) is -0.489. The first-order chi connectivity index (χ1) is 19.2. The van der Waals surface area contributed by atoms with Gasteiger partial charge in [0.15, 0.2) is 0 Å². The molecule has 2 aliphatic rings. The maximum absolute atomic E-state index is 13.6. The highest BCUT2D eigenvalue weighted by Crippen LogP contribution is 2.37. The molecule has 2 fully saturated rings. The SMILES string of the molecule is CC(C)CN(C[C@@H](O)[C@@H](CC(=O)OC1CC2CCO[C@@H]2C1)Cc1ccccc1)S(=O)(=O)c1ccc(C=NO)cc1. The maximum Gasteiger partial charge on any atom is 0.306 e. The van der Waals surface area contributed by atoms with Crippen molar-refractivity contribution in [1.29, 1.82) is 0 Å². The van der Waals surface area contributed by atoms with Crippen molar-refractivity contribution in [2.24, 2.45) is 22.9 Å². The van der Waals surface area contributed by atoms with Gasteiger partial charge in [0.1, 0.15) is 6.10 Å². The number of rotatable bonds is 13. The Balaban J connectivity index is 1.49. The number of nitrogens with zero attached hydrogens (tertiary/aromatic N) is 2. The molecule has 0 aromatic heterocycles. The Labute approximate surface area is 236 Å². The molecule has 0 spiro atoms. The number of sulfonamides is 1. The third-order valence-corrected chi connectivity index (χ3v) is 9.55. The van der Waals surface area contributed by atoms with Crippen LogP contribution in [0.1, 0.15) is 50.7 Å². The topological polar surface area (TPSA) is 126 Å². The summed E-state index contributed by atoms with van der Waals surface area (Å²) in [7, 11) is -3.95. The van der Waals surface area contributed by atoms with Crippen molar-refractivity contribution in [3.05, 3.63) is 65.7 Å². The zero-order valence-electron chi connectivity index (χ0n) is 23.1. The van der Waals surface area contributed by atoms with Crippen molar-refractivity contribution in [2.75, 3.05) is 19.7 Å².